The molecular weight excluding hydrogens is 392 g/mol. The molecule has 0 aromatic carbocycles. The summed E-state index contributed by atoms with van der Waals surface area (Å²) >= 11 is 0. The van der Waals surface area contributed by atoms with E-state index >= 15 is 0 Å². The lowest BCUT2D eigenvalue weighted by molar-refractivity contribution is 0.0563. The predicted molar refractivity (Wildman–Crippen MR) is 118 cm³/mol. The molecule has 1 fully saturated rings. The van der Waals surface area contributed by atoms with Crippen LogP contribution in [0.2, 0.25) is 0 Å². The first kappa shape index (κ1) is 20.9. The number of rotatable bonds is 6. The third-order valence-corrected chi connectivity index (χ3v) is 5.32. The van der Waals surface area contributed by atoms with E-state index in [0.717, 1.165) is 11.3 Å². The maximum absolute atomic E-state index is 12.8. The Labute approximate surface area is 181 Å². The van der Waals surface area contributed by atoms with Crippen LogP contribution in [0.25, 0.3) is 11.5 Å². The first-order chi connectivity index (χ1) is 14.9. The average molecular weight is 419 g/mol. The minimum atomic E-state index is -0.333. The Balaban J connectivity index is 1.65. The Kier molecular flexibility index (Phi) is 5.90. The van der Waals surface area contributed by atoms with Gasteiger partial charge in [0.2, 0.25) is 0 Å². The molecule has 1 saturated carbocycles. The molecule has 1 amide bonds. The lowest BCUT2D eigenvalue weighted by Crippen LogP contribution is -2.46. The topological polar surface area (TPSA) is 113 Å². The van der Waals surface area contributed by atoms with Gasteiger partial charge in [0, 0.05) is 35.9 Å². The third kappa shape index (κ3) is 4.69. The van der Waals surface area contributed by atoms with E-state index in [2.05, 4.69) is 39.4 Å². The van der Waals surface area contributed by atoms with Crippen LogP contribution in [-0.4, -0.2) is 43.1 Å². The number of aryl methyl sites for hydroxylation is 1. The van der Waals surface area contributed by atoms with Crippen LogP contribution in [0.15, 0.2) is 42.9 Å². The fraction of sp³-hybridized carbons (Fsp3) is 0.348. The van der Waals surface area contributed by atoms with Crippen molar-refractivity contribution in [3.8, 4) is 11.5 Å². The summed E-state index contributed by atoms with van der Waals surface area (Å²) in [4.78, 5) is 30.7. The lowest BCUT2D eigenvalue weighted by Gasteiger charge is -2.32. The minimum Gasteiger partial charge on any atom is -0.393 e. The van der Waals surface area contributed by atoms with Crippen molar-refractivity contribution in [2.45, 2.75) is 51.7 Å². The number of hydrogen-bond acceptors (Lipinski definition) is 7. The summed E-state index contributed by atoms with van der Waals surface area (Å²) in [6, 6.07) is 7.46. The highest BCUT2D eigenvalue weighted by Gasteiger charge is 2.29. The van der Waals surface area contributed by atoms with Crippen molar-refractivity contribution < 1.29 is 9.90 Å². The largest absolute Gasteiger partial charge is 0.393 e. The van der Waals surface area contributed by atoms with Gasteiger partial charge < -0.3 is 15.7 Å². The van der Waals surface area contributed by atoms with E-state index in [1.807, 2.05) is 25.1 Å². The highest BCUT2D eigenvalue weighted by Crippen LogP contribution is 2.29. The quantitative estimate of drug-likeness (QED) is 0.562. The summed E-state index contributed by atoms with van der Waals surface area (Å²) < 4.78 is 0. The molecule has 160 valence electrons. The fourth-order valence-corrected chi connectivity index (χ4v) is 3.49. The summed E-state index contributed by atoms with van der Waals surface area (Å²) in [5, 5.41) is 15.7. The zero-order chi connectivity index (χ0) is 22.0. The Bertz CT molecular complexity index is 1090. The molecule has 3 N–H and O–H groups in total. The van der Waals surface area contributed by atoms with E-state index in [4.69, 9.17) is 4.98 Å². The molecule has 3 heterocycles. The molecule has 1 aliphatic carbocycles. The number of carbonyl (C=O) groups excluding carboxylic acids is 1. The lowest BCUT2D eigenvalue weighted by atomic mass is 9.89. The second kappa shape index (κ2) is 8.77. The van der Waals surface area contributed by atoms with Gasteiger partial charge in [-0.2, -0.15) is 0 Å². The Morgan fingerprint density at radius 2 is 1.97 bits per heavy atom. The highest BCUT2D eigenvalue weighted by molar-refractivity contribution is 6.00. The summed E-state index contributed by atoms with van der Waals surface area (Å²) in [7, 11) is 0. The molecule has 8 nitrogen and oxygen atoms in total. The number of pyridine rings is 2. The van der Waals surface area contributed by atoms with E-state index in [0.29, 0.717) is 41.4 Å². The third-order valence-electron chi connectivity index (χ3n) is 5.32. The normalized spacial score (nSPS) is 17.8. The van der Waals surface area contributed by atoms with E-state index in [9.17, 15) is 9.90 Å². The zero-order valence-corrected chi connectivity index (χ0v) is 17.8. The van der Waals surface area contributed by atoms with Crippen LogP contribution >= 0.6 is 0 Å². The molecule has 31 heavy (non-hydrogen) atoms. The van der Waals surface area contributed by atoms with Gasteiger partial charge in [-0.3, -0.25) is 9.78 Å². The van der Waals surface area contributed by atoms with Crippen LogP contribution in [0, 0.1) is 6.92 Å². The molecule has 3 aromatic heterocycles. The van der Waals surface area contributed by atoms with Crippen molar-refractivity contribution in [2.24, 2.45) is 0 Å². The monoisotopic (exact) mass is 418 g/mol. The number of carbonyl (C=O) groups is 1. The molecule has 0 saturated heterocycles. The van der Waals surface area contributed by atoms with Gasteiger partial charge in [-0.15, -0.1) is 0 Å². The maximum atomic E-state index is 12.8. The SMILES string of the molecule is Cc1cccc(-c2ncc(C(C)C)c(Nc3ccncc3C(=O)NC3CC(O)C3)n2)n1. The van der Waals surface area contributed by atoms with Crippen LogP contribution in [0.1, 0.15) is 54.2 Å². The number of amides is 1. The van der Waals surface area contributed by atoms with Gasteiger partial charge >= 0.3 is 0 Å². The molecule has 0 radical (unpaired) electrons. The molecule has 4 rings (SSSR count). The smallest absolute Gasteiger partial charge is 0.255 e. The zero-order valence-electron chi connectivity index (χ0n) is 17.8. The molecule has 0 aliphatic heterocycles. The van der Waals surface area contributed by atoms with Crippen LogP contribution < -0.4 is 10.6 Å². The van der Waals surface area contributed by atoms with Crippen molar-refractivity contribution in [1.82, 2.24) is 25.3 Å². The number of nitrogens with zero attached hydrogens (tertiary/aromatic N) is 4. The number of hydrogen-bond donors (Lipinski definition) is 3. The van der Waals surface area contributed by atoms with Gasteiger partial charge in [0.25, 0.3) is 5.91 Å². The Morgan fingerprint density at radius 3 is 2.68 bits per heavy atom. The van der Waals surface area contributed by atoms with Crippen molar-refractivity contribution >= 4 is 17.4 Å². The van der Waals surface area contributed by atoms with Gasteiger partial charge in [0.15, 0.2) is 5.82 Å². The molecule has 1 aliphatic rings. The molecule has 0 spiro atoms. The maximum Gasteiger partial charge on any atom is 0.255 e. The second-order valence-electron chi connectivity index (χ2n) is 8.16. The van der Waals surface area contributed by atoms with E-state index in [-0.39, 0.29) is 24.0 Å². The van der Waals surface area contributed by atoms with Crippen LogP contribution in [0.5, 0.6) is 0 Å². The molecule has 3 aromatic rings. The number of aliphatic hydroxyl groups is 1. The first-order valence-electron chi connectivity index (χ1n) is 10.4. The van der Waals surface area contributed by atoms with Crippen LogP contribution in [0.3, 0.4) is 0 Å². The van der Waals surface area contributed by atoms with Crippen molar-refractivity contribution in [3.63, 3.8) is 0 Å². The first-order valence-corrected chi connectivity index (χ1v) is 10.4. The van der Waals surface area contributed by atoms with Crippen molar-refractivity contribution in [1.29, 1.82) is 0 Å². The minimum absolute atomic E-state index is 0.0140. The van der Waals surface area contributed by atoms with E-state index in [1.54, 1.807) is 18.5 Å². The number of anilines is 2. The number of nitrogens with one attached hydrogen (secondary N) is 2. The van der Waals surface area contributed by atoms with Gasteiger partial charge in [0.05, 0.1) is 17.4 Å². The Morgan fingerprint density at radius 1 is 1.16 bits per heavy atom. The van der Waals surface area contributed by atoms with Crippen LogP contribution in [-0.2, 0) is 0 Å². The number of aliphatic hydroxyl groups excluding tert-OH is 1. The van der Waals surface area contributed by atoms with Gasteiger partial charge in [0.1, 0.15) is 11.5 Å². The van der Waals surface area contributed by atoms with Crippen molar-refractivity contribution in [3.05, 3.63) is 59.7 Å². The van der Waals surface area contributed by atoms with E-state index < -0.39 is 0 Å². The van der Waals surface area contributed by atoms with Gasteiger partial charge in [-0.1, -0.05) is 19.9 Å². The van der Waals surface area contributed by atoms with Crippen molar-refractivity contribution in [2.75, 3.05) is 5.32 Å². The predicted octanol–water partition coefficient (Wildman–Crippen LogP) is 3.36. The standard InChI is InChI=1S/C23H26N6O2/c1-13(2)17-12-25-22(20-6-4-5-14(3)26-20)29-21(17)28-19-7-8-24-11-18(19)23(31)27-15-9-16(30)10-15/h4-8,11-13,15-16,30H,9-10H2,1-3H3,(H,27,31)(H,24,25,28,29). The van der Waals surface area contributed by atoms with Crippen LogP contribution in [0.4, 0.5) is 11.5 Å². The molecule has 0 bridgehead atoms. The number of aromatic nitrogens is 4. The molecular formula is C23H26N6O2. The summed E-state index contributed by atoms with van der Waals surface area (Å²) in [6.07, 6.45) is 5.78. The average Bonchev–Trinajstić information content (AvgIpc) is 2.72. The summed E-state index contributed by atoms with van der Waals surface area (Å²) in [5.74, 6) is 1.09. The summed E-state index contributed by atoms with van der Waals surface area (Å²) in [5.41, 5.74) is 3.54. The second-order valence-corrected chi connectivity index (χ2v) is 8.16. The molecule has 0 atom stereocenters. The van der Waals surface area contributed by atoms with Gasteiger partial charge in [-0.05, 0) is 43.9 Å². The Hall–Kier alpha value is -3.39. The summed E-state index contributed by atoms with van der Waals surface area (Å²) in [6.45, 7) is 6.06. The highest BCUT2D eigenvalue weighted by atomic mass is 16.3. The molecule has 0 unspecified atom stereocenters. The van der Waals surface area contributed by atoms with Gasteiger partial charge in [-0.25, -0.2) is 15.0 Å². The fourth-order valence-electron chi connectivity index (χ4n) is 3.49. The van der Waals surface area contributed by atoms with E-state index in [1.165, 1.54) is 6.20 Å². The molecule has 8 heteroatoms.